The second-order valence-corrected chi connectivity index (χ2v) is 7.61. The number of nitrogens with zero attached hydrogens (tertiary/aromatic N) is 2. The maximum atomic E-state index is 12.9. The van der Waals surface area contributed by atoms with Crippen LogP contribution in [-0.2, 0) is 10.0 Å². The van der Waals surface area contributed by atoms with Gasteiger partial charge in [0, 0.05) is 11.3 Å². The average molecular weight is 393 g/mol. The number of benzene rings is 2. The van der Waals surface area contributed by atoms with Crippen LogP contribution in [0.15, 0.2) is 53.4 Å². The lowest BCUT2D eigenvalue weighted by Crippen LogP contribution is -2.19. The average Bonchev–Trinajstić information content (AvgIpc) is 3.03. The standard InChI is InChI=1S/C15H12FN5O3S2/c16-10-3-1-9(2-4-10)13-20-21-15(25-13)19-14(22)18-11-5-7-12(8-6-11)26(17,23)24/h1-8H,(H2,17,23,24)(H2,18,19,21,22). The first-order chi connectivity index (χ1) is 12.3. The highest BCUT2D eigenvalue weighted by molar-refractivity contribution is 7.89. The van der Waals surface area contributed by atoms with Gasteiger partial charge in [-0.25, -0.2) is 22.7 Å². The highest BCUT2D eigenvalue weighted by Crippen LogP contribution is 2.26. The number of hydrogen-bond acceptors (Lipinski definition) is 6. The van der Waals surface area contributed by atoms with Crippen molar-refractivity contribution in [2.75, 3.05) is 10.6 Å². The van der Waals surface area contributed by atoms with Gasteiger partial charge >= 0.3 is 6.03 Å². The van der Waals surface area contributed by atoms with Crippen molar-refractivity contribution in [1.82, 2.24) is 10.2 Å². The zero-order chi connectivity index (χ0) is 18.7. The van der Waals surface area contributed by atoms with Crippen molar-refractivity contribution in [3.05, 3.63) is 54.3 Å². The molecule has 0 aliphatic carbocycles. The Balaban J connectivity index is 1.64. The van der Waals surface area contributed by atoms with E-state index in [1.165, 1.54) is 36.4 Å². The molecule has 0 aliphatic heterocycles. The van der Waals surface area contributed by atoms with Crippen molar-refractivity contribution in [3.63, 3.8) is 0 Å². The minimum absolute atomic E-state index is 0.0588. The SMILES string of the molecule is NS(=O)(=O)c1ccc(NC(=O)Nc2nnc(-c3ccc(F)cc3)s2)cc1. The monoisotopic (exact) mass is 393 g/mol. The van der Waals surface area contributed by atoms with Gasteiger partial charge in [0.2, 0.25) is 15.2 Å². The number of hydrogen-bond donors (Lipinski definition) is 3. The second kappa shape index (κ2) is 7.15. The maximum Gasteiger partial charge on any atom is 0.325 e. The molecule has 0 saturated carbocycles. The van der Waals surface area contributed by atoms with E-state index in [-0.39, 0.29) is 15.8 Å². The Bertz CT molecular complexity index is 1030. The molecule has 0 fully saturated rings. The van der Waals surface area contributed by atoms with Crippen LogP contribution < -0.4 is 15.8 Å². The summed E-state index contributed by atoms with van der Waals surface area (Å²) < 4.78 is 35.3. The summed E-state index contributed by atoms with van der Waals surface area (Å²) in [6.07, 6.45) is 0. The Labute approximate surface area is 151 Å². The molecular weight excluding hydrogens is 381 g/mol. The first kappa shape index (κ1) is 17.9. The van der Waals surface area contributed by atoms with Crippen LogP contribution in [0.2, 0.25) is 0 Å². The van der Waals surface area contributed by atoms with Crippen molar-refractivity contribution < 1.29 is 17.6 Å². The molecule has 0 bridgehead atoms. The molecular formula is C15H12FN5O3S2. The Hall–Kier alpha value is -2.89. The molecule has 134 valence electrons. The van der Waals surface area contributed by atoms with Crippen LogP contribution in [-0.4, -0.2) is 24.6 Å². The number of rotatable bonds is 4. The van der Waals surface area contributed by atoms with Gasteiger partial charge in [-0.2, -0.15) is 0 Å². The van der Waals surface area contributed by atoms with Gasteiger partial charge in [-0.1, -0.05) is 11.3 Å². The number of urea groups is 1. The molecule has 26 heavy (non-hydrogen) atoms. The number of aromatic nitrogens is 2. The highest BCUT2D eigenvalue weighted by atomic mass is 32.2. The largest absolute Gasteiger partial charge is 0.325 e. The summed E-state index contributed by atoms with van der Waals surface area (Å²) in [5.41, 5.74) is 1.05. The molecule has 1 heterocycles. The molecule has 2 amide bonds. The molecule has 11 heteroatoms. The molecule has 0 spiro atoms. The molecule has 0 saturated heterocycles. The first-order valence-corrected chi connectivity index (χ1v) is 9.48. The van der Waals surface area contributed by atoms with Crippen LogP contribution in [0.4, 0.5) is 20.0 Å². The van der Waals surface area contributed by atoms with Gasteiger partial charge in [-0.05, 0) is 48.5 Å². The number of nitrogens with two attached hydrogens (primary N) is 1. The lowest BCUT2D eigenvalue weighted by Gasteiger charge is -2.05. The highest BCUT2D eigenvalue weighted by Gasteiger charge is 2.11. The number of carbonyl (C=O) groups excluding carboxylic acids is 1. The Morgan fingerprint density at radius 3 is 2.27 bits per heavy atom. The van der Waals surface area contributed by atoms with Crippen molar-refractivity contribution in [1.29, 1.82) is 0 Å². The quantitative estimate of drug-likeness (QED) is 0.628. The van der Waals surface area contributed by atoms with Crippen LogP contribution in [0.3, 0.4) is 0 Å². The number of nitrogens with one attached hydrogen (secondary N) is 2. The summed E-state index contributed by atoms with van der Waals surface area (Å²) in [7, 11) is -3.79. The van der Waals surface area contributed by atoms with Gasteiger partial charge in [-0.3, -0.25) is 5.32 Å². The number of anilines is 2. The van der Waals surface area contributed by atoms with E-state index in [9.17, 15) is 17.6 Å². The predicted molar refractivity (Wildman–Crippen MR) is 95.8 cm³/mol. The molecule has 0 radical (unpaired) electrons. The summed E-state index contributed by atoms with van der Waals surface area (Å²) in [6, 6.07) is 10.5. The van der Waals surface area contributed by atoms with Crippen molar-refractivity contribution in [3.8, 4) is 10.6 Å². The third kappa shape index (κ3) is 4.39. The zero-order valence-corrected chi connectivity index (χ0v) is 14.6. The third-order valence-electron chi connectivity index (χ3n) is 3.18. The summed E-state index contributed by atoms with van der Waals surface area (Å²) >= 11 is 1.12. The van der Waals surface area contributed by atoms with E-state index in [1.807, 2.05) is 0 Å². The third-order valence-corrected chi connectivity index (χ3v) is 4.99. The van der Waals surface area contributed by atoms with Crippen molar-refractivity contribution in [2.45, 2.75) is 4.90 Å². The Morgan fingerprint density at radius 2 is 1.65 bits per heavy atom. The van der Waals surface area contributed by atoms with Crippen LogP contribution in [0, 0.1) is 5.82 Å². The zero-order valence-electron chi connectivity index (χ0n) is 13.0. The van der Waals surface area contributed by atoms with Gasteiger partial charge in [0.25, 0.3) is 0 Å². The number of amides is 2. The van der Waals surface area contributed by atoms with Gasteiger partial charge in [0.05, 0.1) is 4.90 Å². The molecule has 8 nitrogen and oxygen atoms in total. The lowest BCUT2D eigenvalue weighted by atomic mass is 10.2. The van der Waals surface area contributed by atoms with E-state index in [1.54, 1.807) is 12.1 Å². The summed E-state index contributed by atoms with van der Waals surface area (Å²) in [6.45, 7) is 0. The van der Waals surface area contributed by atoms with Crippen molar-refractivity contribution >= 4 is 38.2 Å². The molecule has 0 aliphatic rings. The van der Waals surface area contributed by atoms with Gasteiger partial charge in [0.1, 0.15) is 10.8 Å². The van der Waals surface area contributed by atoms with E-state index in [4.69, 9.17) is 5.14 Å². The molecule has 0 unspecified atom stereocenters. The molecule has 3 aromatic rings. The minimum atomic E-state index is -3.79. The van der Waals surface area contributed by atoms with Crippen LogP contribution in [0.25, 0.3) is 10.6 Å². The Kier molecular flexibility index (Phi) is 4.93. The first-order valence-electron chi connectivity index (χ1n) is 7.11. The van der Waals surface area contributed by atoms with E-state index < -0.39 is 16.1 Å². The molecule has 0 atom stereocenters. The summed E-state index contributed by atoms with van der Waals surface area (Å²) in [4.78, 5) is 11.9. The second-order valence-electron chi connectivity index (χ2n) is 5.07. The molecule has 1 aromatic heterocycles. The fourth-order valence-electron chi connectivity index (χ4n) is 1.97. The van der Waals surface area contributed by atoms with Crippen LogP contribution in [0.5, 0.6) is 0 Å². The molecule has 4 N–H and O–H groups in total. The van der Waals surface area contributed by atoms with E-state index >= 15 is 0 Å². The number of primary sulfonamides is 1. The molecule has 2 aromatic carbocycles. The van der Waals surface area contributed by atoms with Crippen molar-refractivity contribution in [2.24, 2.45) is 5.14 Å². The summed E-state index contributed by atoms with van der Waals surface area (Å²) in [5.74, 6) is -0.357. The smallest absolute Gasteiger partial charge is 0.308 e. The van der Waals surface area contributed by atoms with E-state index in [0.717, 1.165) is 11.3 Å². The molecule has 3 rings (SSSR count). The van der Waals surface area contributed by atoms with Crippen LogP contribution >= 0.6 is 11.3 Å². The number of carbonyl (C=O) groups is 1. The van der Waals surface area contributed by atoms with Gasteiger partial charge in [0.15, 0.2) is 0 Å². The number of halogens is 1. The summed E-state index contributed by atoms with van der Waals surface area (Å²) in [5, 5.41) is 18.6. The lowest BCUT2D eigenvalue weighted by molar-refractivity contribution is 0.262. The van der Waals surface area contributed by atoms with Gasteiger partial charge in [-0.15, -0.1) is 10.2 Å². The normalized spacial score (nSPS) is 11.2. The van der Waals surface area contributed by atoms with E-state index in [0.29, 0.717) is 16.3 Å². The maximum absolute atomic E-state index is 12.9. The van der Waals surface area contributed by atoms with Gasteiger partial charge < -0.3 is 5.32 Å². The predicted octanol–water partition coefficient (Wildman–Crippen LogP) is 2.64. The number of sulfonamides is 1. The van der Waals surface area contributed by atoms with E-state index in [2.05, 4.69) is 20.8 Å². The fraction of sp³-hybridized carbons (Fsp3) is 0. The fourth-order valence-corrected chi connectivity index (χ4v) is 3.23. The topological polar surface area (TPSA) is 127 Å². The van der Waals surface area contributed by atoms with Crippen LogP contribution in [0.1, 0.15) is 0 Å². The minimum Gasteiger partial charge on any atom is -0.308 e. The Morgan fingerprint density at radius 1 is 1.00 bits per heavy atom.